The van der Waals surface area contributed by atoms with Crippen molar-refractivity contribution in [2.45, 2.75) is 6.18 Å². The molecule has 0 saturated carbocycles. The Morgan fingerprint density at radius 1 is 1.18 bits per heavy atom. The second-order valence-corrected chi connectivity index (χ2v) is 3.33. The highest BCUT2D eigenvalue weighted by Gasteiger charge is 2.30. The van der Waals surface area contributed by atoms with Crippen molar-refractivity contribution in [2.75, 3.05) is 0 Å². The molecule has 1 aromatic heterocycles. The summed E-state index contributed by atoms with van der Waals surface area (Å²) in [6.07, 6.45) is 1.56. The minimum Gasteiger partial charge on any atom is -0.445 e. The van der Waals surface area contributed by atoms with Gasteiger partial charge in [-0.3, -0.25) is 0 Å². The summed E-state index contributed by atoms with van der Waals surface area (Å²) in [4.78, 5) is 3.83. The van der Waals surface area contributed by atoms with Crippen LogP contribution >= 0.6 is 0 Å². The number of benzene rings is 1. The number of hydrogen-bond donors (Lipinski definition) is 0. The van der Waals surface area contributed by atoms with Gasteiger partial charge >= 0.3 is 6.18 Å². The van der Waals surface area contributed by atoms with Crippen LogP contribution in [-0.2, 0) is 6.18 Å². The number of oxazole rings is 1. The Morgan fingerprint density at radius 3 is 2.65 bits per heavy atom. The molecule has 0 aliphatic carbocycles. The molecule has 0 spiro atoms. The first kappa shape index (κ1) is 11.4. The maximum absolute atomic E-state index is 12.4. The molecule has 0 aliphatic heterocycles. The molecule has 0 unspecified atom stereocenters. The second-order valence-electron chi connectivity index (χ2n) is 3.33. The van der Waals surface area contributed by atoms with Gasteiger partial charge in [0.15, 0.2) is 0 Å². The molecule has 0 bridgehead atoms. The van der Waals surface area contributed by atoms with Crippen molar-refractivity contribution in [3.05, 3.63) is 53.7 Å². The fraction of sp³-hybridized carbons (Fsp3) is 0.0833. The third-order valence-electron chi connectivity index (χ3n) is 2.08. The molecule has 17 heavy (non-hydrogen) atoms. The lowest BCUT2D eigenvalue weighted by atomic mass is 10.1. The molecular formula is C12H8F3NO. The van der Waals surface area contributed by atoms with Crippen molar-refractivity contribution in [3.63, 3.8) is 0 Å². The van der Waals surface area contributed by atoms with Crippen molar-refractivity contribution in [1.82, 2.24) is 4.98 Å². The van der Waals surface area contributed by atoms with Gasteiger partial charge in [0.25, 0.3) is 0 Å². The molecule has 0 radical (unpaired) electrons. The van der Waals surface area contributed by atoms with Crippen LogP contribution in [0.15, 0.2) is 41.1 Å². The summed E-state index contributed by atoms with van der Waals surface area (Å²) in [5, 5.41) is 0. The number of rotatable bonds is 2. The van der Waals surface area contributed by atoms with E-state index in [1.54, 1.807) is 6.07 Å². The van der Waals surface area contributed by atoms with E-state index in [1.807, 2.05) is 0 Å². The monoisotopic (exact) mass is 239 g/mol. The Bertz CT molecular complexity index is 515. The molecule has 0 amide bonds. The molecule has 0 atom stereocenters. The van der Waals surface area contributed by atoms with Gasteiger partial charge in [-0.2, -0.15) is 13.2 Å². The highest BCUT2D eigenvalue weighted by Crippen LogP contribution is 2.29. The molecule has 1 heterocycles. The summed E-state index contributed by atoms with van der Waals surface area (Å²) in [5.41, 5.74) is -0.231. The van der Waals surface area contributed by atoms with E-state index >= 15 is 0 Å². The van der Waals surface area contributed by atoms with E-state index in [0.717, 1.165) is 12.1 Å². The van der Waals surface area contributed by atoms with E-state index in [1.165, 1.54) is 30.7 Å². The smallest absolute Gasteiger partial charge is 0.416 e. The van der Waals surface area contributed by atoms with Gasteiger partial charge in [-0.25, -0.2) is 4.98 Å². The Hall–Kier alpha value is -2.04. The first-order chi connectivity index (χ1) is 8.05. The van der Waals surface area contributed by atoms with E-state index in [-0.39, 0.29) is 0 Å². The van der Waals surface area contributed by atoms with Crippen LogP contribution in [0.5, 0.6) is 0 Å². The third kappa shape index (κ3) is 2.96. The molecular weight excluding hydrogens is 231 g/mol. The van der Waals surface area contributed by atoms with Gasteiger partial charge in [0.2, 0.25) is 5.89 Å². The predicted molar refractivity (Wildman–Crippen MR) is 56.9 cm³/mol. The molecule has 0 aliphatic rings. The van der Waals surface area contributed by atoms with Crippen LogP contribution in [0.1, 0.15) is 17.0 Å². The lowest BCUT2D eigenvalue weighted by molar-refractivity contribution is -0.137. The summed E-state index contributed by atoms with van der Waals surface area (Å²) < 4.78 is 42.2. The zero-order valence-electron chi connectivity index (χ0n) is 8.61. The van der Waals surface area contributed by atoms with Crippen molar-refractivity contribution in [1.29, 1.82) is 0 Å². The van der Waals surface area contributed by atoms with Crippen LogP contribution in [0.4, 0.5) is 13.2 Å². The first-order valence-corrected chi connectivity index (χ1v) is 4.80. The predicted octanol–water partition coefficient (Wildman–Crippen LogP) is 3.86. The highest BCUT2D eigenvalue weighted by atomic mass is 19.4. The molecule has 0 fully saturated rings. The van der Waals surface area contributed by atoms with Gasteiger partial charge in [-0.05, 0) is 23.8 Å². The lowest BCUT2D eigenvalue weighted by Gasteiger charge is -2.06. The Labute approximate surface area is 95.4 Å². The van der Waals surface area contributed by atoms with Crippen molar-refractivity contribution in [2.24, 2.45) is 0 Å². The molecule has 88 valence electrons. The Kier molecular flexibility index (Phi) is 2.99. The largest absolute Gasteiger partial charge is 0.445 e. The van der Waals surface area contributed by atoms with E-state index in [9.17, 15) is 13.2 Å². The number of hydrogen-bond acceptors (Lipinski definition) is 2. The first-order valence-electron chi connectivity index (χ1n) is 4.80. The van der Waals surface area contributed by atoms with Crippen molar-refractivity contribution in [3.8, 4) is 0 Å². The van der Waals surface area contributed by atoms with Gasteiger partial charge in [-0.1, -0.05) is 12.1 Å². The van der Waals surface area contributed by atoms with Crippen molar-refractivity contribution < 1.29 is 17.6 Å². The topological polar surface area (TPSA) is 26.0 Å². The molecule has 2 aromatic rings. The van der Waals surface area contributed by atoms with Gasteiger partial charge < -0.3 is 4.42 Å². The summed E-state index contributed by atoms with van der Waals surface area (Å²) in [6.45, 7) is 0. The normalized spacial score (nSPS) is 12.2. The minimum atomic E-state index is -4.33. The zero-order valence-corrected chi connectivity index (χ0v) is 8.61. The molecule has 5 heteroatoms. The summed E-state index contributed by atoms with van der Waals surface area (Å²) in [5.74, 6) is 0.349. The van der Waals surface area contributed by atoms with Crippen LogP contribution in [0.3, 0.4) is 0 Å². The zero-order chi connectivity index (χ0) is 12.3. The summed E-state index contributed by atoms with van der Waals surface area (Å²) >= 11 is 0. The van der Waals surface area contributed by atoms with Crippen LogP contribution in [0, 0.1) is 0 Å². The van der Waals surface area contributed by atoms with Gasteiger partial charge in [-0.15, -0.1) is 0 Å². The fourth-order valence-electron chi connectivity index (χ4n) is 1.30. The number of aromatic nitrogens is 1. The van der Waals surface area contributed by atoms with E-state index in [0.29, 0.717) is 11.5 Å². The molecule has 2 nitrogen and oxygen atoms in total. The fourth-order valence-corrected chi connectivity index (χ4v) is 1.30. The van der Waals surface area contributed by atoms with Crippen LogP contribution < -0.4 is 0 Å². The van der Waals surface area contributed by atoms with Gasteiger partial charge in [0, 0.05) is 6.08 Å². The summed E-state index contributed by atoms with van der Waals surface area (Å²) in [7, 11) is 0. The van der Waals surface area contributed by atoms with Crippen LogP contribution in [0.25, 0.3) is 12.2 Å². The number of halogens is 3. The molecule has 2 rings (SSSR count). The van der Waals surface area contributed by atoms with E-state index < -0.39 is 11.7 Å². The quantitative estimate of drug-likeness (QED) is 0.795. The van der Waals surface area contributed by atoms with Crippen molar-refractivity contribution >= 4 is 12.2 Å². The Balaban J connectivity index is 2.23. The highest BCUT2D eigenvalue weighted by molar-refractivity contribution is 5.66. The van der Waals surface area contributed by atoms with E-state index in [2.05, 4.69) is 4.98 Å². The Morgan fingerprint density at radius 2 is 2.00 bits per heavy atom. The third-order valence-corrected chi connectivity index (χ3v) is 2.08. The minimum absolute atomic E-state index is 0.349. The maximum atomic E-state index is 12.4. The number of nitrogens with zero attached hydrogens (tertiary/aromatic N) is 1. The molecule has 1 aromatic carbocycles. The molecule has 0 saturated heterocycles. The summed E-state index contributed by atoms with van der Waals surface area (Å²) in [6, 6.07) is 5.04. The maximum Gasteiger partial charge on any atom is 0.416 e. The van der Waals surface area contributed by atoms with Gasteiger partial charge in [0.1, 0.15) is 6.26 Å². The van der Waals surface area contributed by atoms with Gasteiger partial charge in [0.05, 0.1) is 11.8 Å². The number of alkyl halides is 3. The van der Waals surface area contributed by atoms with E-state index in [4.69, 9.17) is 4.42 Å². The van der Waals surface area contributed by atoms with Crippen LogP contribution in [-0.4, -0.2) is 4.98 Å². The van der Waals surface area contributed by atoms with Crippen LogP contribution in [0.2, 0.25) is 0 Å². The standard InChI is InChI=1S/C12H8F3NO/c13-12(14,15)10-3-1-2-9(8-10)4-5-11-16-6-7-17-11/h1-8H. The molecule has 0 N–H and O–H groups in total. The lowest BCUT2D eigenvalue weighted by Crippen LogP contribution is -2.04. The SMILES string of the molecule is FC(F)(F)c1cccc(C=Cc2ncco2)c1. The average molecular weight is 239 g/mol. The average Bonchev–Trinajstić information content (AvgIpc) is 2.78. The second kappa shape index (κ2) is 4.45.